The lowest BCUT2D eigenvalue weighted by Gasteiger charge is -2.26. The molecule has 1 saturated heterocycles. The van der Waals surface area contributed by atoms with Gasteiger partial charge in [0.25, 0.3) is 0 Å². The standard InChI is InChI=1S/C12H20N2O5/c1-7(2)9(11(17)19-3)13-12(18)14-6-4-5-8(14)10(15)16/h7-9H,4-6H2,1-3H3,(H,13,18)(H,15,16)/t8-,9?/m0/s1. The fourth-order valence-corrected chi connectivity index (χ4v) is 2.11. The first kappa shape index (κ1) is 15.3. The van der Waals surface area contributed by atoms with Gasteiger partial charge in [-0.05, 0) is 18.8 Å². The number of carboxylic acid groups (broad SMARTS) is 1. The Morgan fingerprint density at radius 1 is 1.37 bits per heavy atom. The van der Waals surface area contributed by atoms with Crippen LogP contribution >= 0.6 is 0 Å². The molecule has 0 aromatic heterocycles. The number of carboxylic acids is 1. The van der Waals surface area contributed by atoms with E-state index in [-0.39, 0.29) is 5.92 Å². The first-order valence-corrected chi connectivity index (χ1v) is 6.26. The molecule has 2 atom stereocenters. The Morgan fingerprint density at radius 2 is 2.00 bits per heavy atom. The van der Waals surface area contributed by atoms with Gasteiger partial charge in [-0.2, -0.15) is 0 Å². The predicted molar refractivity (Wildman–Crippen MR) is 66.5 cm³/mol. The third kappa shape index (κ3) is 3.59. The number of methoxy groups -OCH3 is 1. The molecule has 2 N–H and O–H groups in total. The predicted octanol–water partition coefficient (Wildman–Crippen LogP) is 0.443. The number of urea groups is 1. The summed E-state index contributed by atoms with van der Waals surface area (Å²) < 4.78 is 4.62. The van der Waals surface area contributed by atoms with Gasteiger partial charge in [-0.3, -0.25) is 0 Å². The maximum absolute atomic E-state index is 12.0. The van der Waals surface area contributed by atoms with Gasteiger partial charge >= 0.3 is 18.0 Å². The van der Waals surface area contributed by atoms with E-state index in [4.69, 9.17) is 5.11 Å². The highest BCUT2D eigenvalue weighted by molar-refractivity contribution is 5.87. The first-order chi connectivity index (χ1) is 8.88. The number of aliphatic carboxylic acids is 1. The van der Waals surface area contributed by atoms with Crippen LogP contribution in [0.4, 0.5) is 4.79 Å². The molecule has 0 aliphatic carbocycles. The summed E-state index contributed by atoms with van der Waals surface area (Å²) >= 11 is 0. The number of nitrogens with one attached hydrogen (secondary N) is 1. The van der Waals surface area contributed by atoms with Crippen LogP contribution in [0.5, 0.6) is 0 Å². The monoisotopic (exact) mass is 272 g/mol. The number of carbonyl (C=O) groups excluding carboxylic acids is 2. The van der Waals surface area contributed by atoms with Crippen LogP contribution < -0.4 is 5.32 Å². The molecule has 1 rings (SSSR count). The molecule has 0 radical (unpaired) electrons. The van der Waals surface area contributed by atoms with Gasteiger partial charge in [0.2, 0.25) is 0 Å². The van der Waals surface area contributed by atoms with Crippen molar-refractivity contribution in [3.05, 3.63) is 0 Å². The Labute approximate surface area is 111 Å². The lowest BCUT2D eigenvalue weighted by molar-refractivity contribution is -0.144. The molecule has 0 bridgehead atoms. The number of carbonyl (C=O) groups is 3. The van der Waals surface area contributed by atoms with Gasteiger partial charge in [-0.25, -0.2) is 14.4 Å². The minimum atomic E-state index is -1.02. The summed E-state index contributed by atoms with van der Waals surface area (Å²) in [6.07, 6.45) is 1.09. The molecule has 0 saturated carbocycles. The molecule has 0 spiro atoms. The average molecular weight is 272 g/mol. The Kier molecular flexibility index (Phi) is 5.14. The van der Waals surface area contributed by atoms with E-state index in [1.165, 1.54) is 12.0 Å². The molecule has 108 valence electrons. The van der Waals surface area contributed by atoms with Gasteiger partial charge in [0.15, 0.2) is 0 Å². The van der Waals surface area contributed by atoms with Crippen molar-refractivity contribution in [2.24, 2.45) is 5.92 Å². The zero-order chi connectivity index (χ0) is 14.6. The van der Waals surface area contributed by atoms with E-state index in [0.29, 0.717) is 19.4 Å². The van der Waals surface area contributed by atoms with E-state index in [9.17, 15) is 14.4 Å². The first-order valence-electron chi connectivity index (χ1n) is 6.26. The van der Waals surface area contributed by atoms with Crippen molar-refractivity contribution in [1.82, 2.24) is 10.2 Å². The fourth-order valence-electron chi connectivity index (χ4n) is 2.11. The van der Waals surface area contributed by atoms with Crippen molar-refractivity contribution in [2.75, 3.05) is 13.7 Å². The van der Waals surface area contributed by atoms with E-state index in [2.05, 4.69) is 10.1 Å². The number of ether oxygens (including phenoxy) is 1. The quantitative estimate of drug-likeness (QED) is 0.724. The Hall–Kier alpha value is -1.79. The maximum Gasteiger partial charge on any atom is 0.328 e. The van der Waals surface area contributed by atoms with Gasteiger partial charge in [0.05, 0.1) is 7.11 Å². The Bertz CT molecular complexity index is 369. The van der Waals surface area contributed by atoms with Crippen molar-refractivity contribution >= 4 is 18.0 Å². The highest BCUT2D eigenvalue weighted by Gasteiger charge is 2.36. The van der Waals surface area contributed by atoms with Crippen LogP contribution in [0.15, 0.2) is 0 Å². The van der Waals surface area contributed by atoms with Crippen molar-refractivity contribution in [3.63, 3.8) is 0 Å². The van der Waals surface area contributed by atoms with E-state index >= 15 is 0 Å². The van der Waals surface area contributed by atoms with Crippen LogP contribution in [0.1, 0.15) is 26.7 Å². The van der Waals surface area contributed by atoms with Crippen molar-refractivity contribution in [3.8, 4) is 0 Å². The minimum Gasteiger partial charge on any atom is -0.480 e. The smallest absolute Gasteiger partial charge is 0.328 e. The number of amides is 2. The third-order valence-electron chi connectivity index (χ3n) is 3.20. The molecular formula is C12H20N2O5. The summed E-state index contributed by atoms with van der Waals surface area (Å²) in [5.41, 5.74) is 0. The van der Waals surface area contributed by atoms with Crippen molar-refractivity contribution in [2.45, 2.75) is 38.8 Å². The van der Waals surface area contributed by atoms with Crippen molar-refractivity contribution in [1.29, 1.82) is 0 Å². The molecule has 1 aliphatic heterocycles. The number of likely N-dealkylation sites (tertiary alicyclic amines) is 1. The number of nitrogens with zero attached hydrogens (tertiary/aromatic N) is 1. The lowest BCUT2D eigenvalue weighted by Crippen LogP contribution is -2.53. The van der Waals surface area contributed by atoms with E-state index < -0.39 is 30.1 Å². The fraction of sp³-hybridized carbons (Fsp3) is 0.750. The molecule has 7 nitrogen and oxygen atoms in total. The molecule has 2 amide bonds. The second-order valence-corrected chi connectivity index (χ2v) is 4.88. The summed E-state index contributed by atoms with van der Waals surface area (Å²) in [6.45, 7) is 3.94. The molecular weight excluding hydrogens is 252 g/mol. The second kappa shape index (κ2) is 6.40. The van der Waals surface area contributed by atoms with E-state index in [0.717, 1.165) is 0 Å². The Morgan fingerprint density at radius 3 is 2.47 bits per heavy atom. The zero-order valence-corrected chi connectivity index (χ0v) is 11.4. The van der Waals surface area contributed by atoms with Crippen LogP contribution in [0, 0.1) is 5.92 Å². The third-order valence-corrected chi connectivity index (χ3v) is 3.20. The van der Waals surface area contributed by atoms with Gasteiger partial charge in [0, 0.05) is 6.54 Å². The summed E-state index contributed by atoms with van der Waals surface area (Å²) in [7, 11) is 1.25. The van der Waals surface area contributed by atoms with Crippen LogP contribution in [-0.2, 0) is 14.3 Å². The van der Waals surface area contributed by atoms with E-state index in [1.807, 2.05) is 0 Å². The molecule has 1 aliphatic rings. The van der Waals surface area contributed by atoms with Crippen LogP contribution in [0.2, 0.25) is 0 Å². The van der Waals surface area contributed by atoms with E-state index in [1.54, 1.807) is 13.8 Å². The normalized spacial score (nSPS) is 20.2. The van der Waals surface area contributed by atoms with Crippen LogP contribution in [-0.4, -0.2) is 53.7 Å². The maximum atomic E-state index is 12.0. The molecule has 19 heavy (non-hydrogen) atoms. The van der Waals surface area contributed by atoms with Gasteiger partial charge in [0.1, 0.15) is 12.1 Å². The Balaban J connectivity index is 2.71. The summed E-state index contributed by atoms with van der Waals surface area (Å²) in [5.74, 6) is -1.69. The highest BCUT2D eigenvalue weighted by atomic mass is 16.5. The lowest BCUT2D eigenvalue weighted by atomic mass is 10.1. The SMILES string of the molecule is COC(=O)C(NC(=O)N1CCC[C@H]1C(=O)O)C(C)C. The topological polar surface area (TPSA) is 95.9 Å². The second-order valence-electron chi connectivity index (χ2n) is 4.88. The number of hydrogen-bond acceptors (Lipinski definition) is 4. The molecule has 0 aromatic carbocycles. The molecule has 7 heteroatoms. The van der Waals surface area contributed by atoms with Crippen molar-refractivity contribution < 1.29 is 24.2 Å². The summed E-state index contributed by atoms with van der Waals surface area (Å²) in [6, 6.07) is -2.12. The number of esters is 1. The number of rotatable bonds is 4. The molecule has 1 heterocycles. The number of hydrogen-bond donors (Lipinski definition) is 2. The minimum absolute atomic E-state index is 0.137. The van der Waals surface area contributed by atoms with Gasteiger partial charge < -0.3 is 20.1 Å². The summed E-state index contributed by atoms with van der Waals surface area (Å²) in [5, 5.41) is 11.6. The van der Waals surface area contributed by atoms with Gasteiger partial charge in [-0.15, -0.1) is 0 Å². The molecule has 0 aromatic rings. The zero-order valence-electron chi connectivity index (χ0n) is 11.4. The highest BCUT2D eigenvalue weighted by Crippen LogP contribution is 2.18. The largest absolute Gasteiger partial charge is 0.480 e. The molecule has 1 unspecified atom stereocenters. The van der Waals surface area contributed by atoms with Crippen LogP contribution in [0.25, 0.3) is 0 Å². The van der Waals surface area contributed by atoms with Gasteiger partial charge in [-0.1, -0.05) is 13.8 Å². The average Bonchev–Trinajstić information content (AvgIpc) is 2.83. The molecule has 1 fully saturated rings. The van der Waals surface area contributed by atoms with Crippen LogP contribution in [0.3, 0.4) is 0 Å². The summed E-state index contributed by atoms with van der Waals surface area (Å²) in [4.78, 5) is 35.9.